The summed E-state index contributed by atoms with van der Waals surface area (Å²) >= 11 is 0. The Hall–Kier alpha value is -3.08. The fourth-order valence-corrected chi connectivity index (χ4v) is 1.76. The fourth-order valence-electron chi connectivity index (χ4n) is 1.76. The number of benzene rings is 1. The highest BCUT2D eigenvalue weighted by molar-refractivity contribution is 6.02. The van der Waals surface area contributed by atoms with Gasteiger partial charge in [0.25, 0.3) is 11.6 Å². The summed E-state index contributed by atoms with van der Waals surface area (Å²) < 4.78 is 10.2. The Morgan fingerprint density at radius 3 is 2.57 bits per heavy atom. The third kappa shape index (κ3) is 2.76. The maximum absolute atomic E-state index is 11.8. The summed E-state index contributed by atoms with van der Waals surface area (Å²) in [5.74, 6) is 0.0576. The van der Waals surface area contributed by atoms with Gasteiger partial charge < -0.3 is 14.4 Å². The lowest BCUT2D eigenvalue weighted by molar-refractivity contribution is -0.385. The first kappa shape index (κ1) is 14.3. The number of ether oxygens (including phenoxy) is 2. The second kappa shape index (κ2) is 5.50. The SMILES string of the molecule is CN(C)C(=O)/C(C#N)=C/c1cc2c(cc1[N+](=O)[O-])OCO2. The van der Waals surface area contributed by atoms with E-state index in [9.17, 15) is 14.9 Å². The minimum Gasteiger partial charge on any atom is -0.454 e. The van der Waals surface area contributed by atoms with Gasteiger partial charge in [-0.25, -0.2) is 0 Å². The second-order valence-corrected chi connectivity index (χ2v) is 4.39. The molecule has 1 aromatic carbocycles. The first-order valence-corrected chi connectivity index (χ1v) is 5.85. The topological polar surface area (TPSA) is 106 Å². The number of nitro groups is 1. The smallest absolute Gasteiger partial charge is 0.280 e. The Kier molecular flexibility index (Phi) is 3.75. The molecular weight excluding hydrogens is 278 g/mol. The first-order chi connectivity index (χ1) is 9.93. The van der Waals surface area contributed by atoms with Crippen molar-refractivity contribution in [3.05, 3.63) is 33.4 Å². The molecule has 0 aromatic heterocycles. The van der Waals surface area contributed by atoms with Crippen molar-refractivity contribution in [2.75, 3.05) is 20.9 Å². The lowest BCUT2D eigenvalue weighted by Gasteiger charge is -2.08. The van der Waals surface area contributed by atoms with E-state index in [1.54, 1.807) is 6.07 Å². The molecule has 0 saturated heterocycles. The van der Waals surface area contributed by atoms with Crippen LogP contribution in [0.15, 0.2) is 17.7 Å². The maximum atomic E-state index is 11.8. The Morgan fingerprint density at radius 2 is 2.05 bits per heavy atom. The van der Waals surface area contributed by atoms with Gasteiger partial charge in [-0.3, -0.25) is 14.9 Å². The molecule has 1 aromatic rings. The zero-order valence-electron chi connectivity index (χ0n) is 11.3. The number of likely N-dealkylation sites (N-methyl/N-ethyl adjacent to an activating group) is 1. The van der Waals surface area contributed by atoms with Crippen molar-refractivity contribution in [1.82, 2.24) is 4.90 Å². The minimum absolute atomic E-state index is 0.0264. The Bertz CT molecular complexity index is 688. The molecule has 1 amide bonds. The molecule has 0 unspecified atom stereocenters. The summed E-state index contributed by atoms with van der Waals surface area (Å²) in [6.45, 7) is -0.0264. The maximum Gasteiger partial charge on any atom is 0.280 e. The Morgan fingerprint density at radius 1 is 1.43 bits per heavy atom. The van der Waals surface area contributed by atoms with Crippen LogP contribution in [0.5, 0.6) is 11.5 Å². The van der Waals surface area contributed by atoms with E-state index in [2.05, 4.69) is 0 Å². The molecule has 21 heavy (non-hydrogen) atoms. The molecule has 0 spiro atoms. The number of hydrogen-bond donors (Lipinski definition) is 0. The van der Waals surface area contributed by atoms with Crippen LogP contribution in [0.1, 0.15) is 5.56 Å². The molecule has 2 rings (SSSR count). The Balaban J connectivity index is 2.55. The third-order valence-electron chi connectivity index (χ3n) is 2.78. The van der Waals surface area contributed by atoms with Crippen molar-refractivity contribution in [3.63, 3.8) is 0 Å². The largest absolute Gasteiger partial charge is 0.454 e. The van der Waals surface area contributed by atoms with E-state index in [-0.39, 0.29) is 29.4 Å². The standard InChI is InChI=1S/C13H11N3O5/c1-15(2)13(17)9(6-14)3-8-4-11-12(21-7-20-11)5-10(8)16(18)19/h3-5H,7H2,1-2H3/b9-3+. The van der Waals surface area contributed by atoms with Gasteiger partial charge in [-0.1, -0.05) is 0 Å². The van der Waals surface area contributed by atoms with Crippen molar-refractivity contribution < 1.29 is 19.2 Å². The average molecular weight is 289 g/mol. The van der Waals surface area contributed by atoms with Crippen LogP contribution < -0.4 is 9.47 Å². The van der Waals surface area contributed by atoms with Crippen molar-refractivity contribution >= 4 is 17.7 Å². The van der Waals surface area contributed by atoms with Gasteiger partial charge in [0, 0.05) is 14.1 Å². The number of hydrogen-bond acceptors (Lipinski definition) is 6. The molecule has 0 aliphatic carbocycles. The van der Waals surface area contributed by atoms with Crippen LogP contribution in [0.3, 0.4) is 0 Å². The number of nitro benzene ring substituents is 1. The monoisotopic (exact) mass is 289 g/mol. The van der Waals surface area contributed by atoms with Gasteiger partial charge in [0.2, 0.25) is 6.79 Å². The van der Waals surface area contributed by atoms with Crippen molar-refractivity contribution in [2.24, 2.45) is 0 Å². The highest BCUT2D eigenvalue weighted by Crippen LogP contribution is 2.38. The fraction of sp³-hybridized carbons (Fsp3) is 0.231. The van der Waals surface area contributed by atoms with E-state index in [0.717, 1.165) is 0 Å². The van der Waals surface area contributed by atoms with Gasteiger partial charge in [0.15, 0.2) is 11.5 Å². The molecule has 1 aliphatic heterocycles. The second-order valence-electron chi connectivity index (χ2n) is 4.39. The molecule has 1 aliphatic rings. The Labute approximate surface area is 119 Å². The van der Waals surface area contributed by atoms with Gasteiger partial charge in [-0.05, 0) is 12.1 Å². The predicted molar refractivity (Wildman–Crippen MR) is 71.5 cm³/mol. The van der Waals surface area contributed by atoms with E-state index >= 15 is 0 Å². The van der Waals surface area contributed by atoms with E-state index in [4.69, 9.17) is 14.7 Å². The van der Waals surface area contributed by atoms with E-state index in [0.29, 0.717) is 5.75 Å². The number of carbonyl (C=O) groups excluding carboxylic acids is 1. The van der Waals surface area contributed by atoms with Crippen LogP contribution in [0.2, 0.25) is 0 Å². The summed E-state index contributed by atoms with van der Waals surface area (Å²) in [6.07, 6.45) is 1.17. The number of fused-ring (bicyclic) bond motifs is 1. The molecule has 1 heterocycles. The lowest BCUT2D eigenvalue weighted by atomic mass is 10.1. The predicted octanol–water partition coefficient (Wildman–Crippen LogP) is 1.32. The van der Waals surface area contributed by atoms with Gasteiger partial charge >= 0.3 is 0 Å². The van der Waals surface area contributed by atoms with Crippen LogP contribution in [0.4, 0.5) is 5.69 Å². The summed E-state index contributed by atoms with van der Waals surface area (Å²) in [5.41, 5.74) is -0.364. The molecule has 0 fully saturated rings. The summed E-state index contributed by atoms with van der Waals surface area (Å²) in [4.78, 5) is 23.5. The van der Waals surface area contributed by atoms with Crippen LogP contribution >= 0.6 is 0 Å². The number of rotatable bonds is 3. The van der Waals surface area contributed by atoms with Crippen LogP contribution in [-0.4, -0.2) is 36.6 Å². The van der Waals surface area contributed by atoms with Crippen LogP contribution in [0, 0.1) is 21.4 Å². The summed E-state index contributed by atoms with van der Waals surface area (Å²) in [5, 5.41) is 20.1. The van der Waals surface area contributed by atoms with Crippen molar-refractivity contribution in [1.29, 1.82) is 5.26 Å². The molecule has 8 nitrogen and oxygen atoms in total. The number of carbonyl (C=O) groups is 1. The quantitative estimate of drug-likeness (QED) is 0.359. The van der Waals surface area contributed by atoms with Gasteiger partial charge in [-0.15, -0.1) is 0 Å². The molecule has 8 heteroatoms. The summed E-state index contributed by atoms with van der Waals surface area (Å²) in [7, 11) is 2.98. The normalized spacial score (nSPS) is 12.7. The minimum atomic E-state index is -0.608. The first-order valence-electron chi connectivity index (χ1n) is 5.85. The van der Waals surface area contributed by atoms with Crippen LogP contribution in [-0.2, 0) is 4.79 Å². The van der Waals surface area contributed by atoms with E-state index in [1.165, 1.54) is 37.2 Å². The van der Waals surface area contributed by atoms with E-state index in [1.807, 2.05) is 0 Å². The van der Waals surface area contributed by atoms with Gasteiger partial charge in [0.1, 0.15) is 11.6 Å². The van der Waals surface area contributed by atoms with Gasteiger partial charge in [0.05, 0.1) is 16.6 Å². The lowest BCUT2D eigenvalue weighted by Crippen LogP contribution is -2.22. The molecule has 0 saturated carbocycles. The molecule has 0 radical (unpaired) electrons. The molecule has 108 valence electrons. The molecule has 0 bridgehead atoms. The van der Waals surface area contributed by atoms with Crippen LogP contribution in [0.25, 0.3) is 6.08 Å². The highest BCUT2D eigenvalue weighted by Gasteiger charge is 2.23. The molecule has 0 N–H and O–H groups in total. The van der Waals surface area contributed by atoms with E-state index < -0.39 is 10.8 Å². The molecular formula is C13H11N3O5. The zero-order chi connectivity index (χ0) is 15.6. The highest BCUT2D eigenvalue weighted by atomic mass is 16.7. The molecule has 0 atom stereocenters. The van der Waals surface area contributed by atoms with Gasteiger partial charge in [-0.2, -0.15) is 5.26 Å². The number of nitrogens with zero attached hydrogens (tertiary/aromatic N) is 3. The zero-order valence-corrected chi connectivity index (χ0v) is 11.3. The number of amides is 1. The van der Waals surface area contributed by atoms with Crippen molar-refractivity contribution in [2.45, 2.75) is 0 Å². The van der Waals surface area contributed by atoms with Crippen molar-refractivity contribution in [3.8, 4) is 17.6 Å². The number of nitriles is 1. The third-order valence-corrected chi connectivity index (χ3v) is 2.78. The average Bonchev–Trinajstić information content (AvgIpc) is 2.89. The summed E-state index contributed by atoms with van der Waals surface area (Å²) in [6, 6.07) is 4.33.